The van der Waals surface area contributed by atoms with Gasteiger partial charge in [-0.2, -0.15) is 18.4 Å². The van der Waals surface area contributed by atoms with E-state index >= 15 is 0 Å². The number of halogens is 3. The van der Waals surface area contributed by atoms with E-state index < -0.39 is 22.0 Å². The maximum atomic E-state index is 12.1. The number of tetrazole rings is 1. The van der Waals surface area contributed by atoms with Crippen LogP contribution in [0.2, 0.25) is 0 Å². The second-order valence-electron chi connectivity index (χ2n) is 3.79. The first-order valence-electron chi connectivity index (χ1n) is 5.16. The SMILES string of the molecule is O=S(=O)(CC(F)(F)F)Nc1ccc(-c2nn[nH]n2)cc1. The summed E-state index contributed by atoms with van der Waals surface area (Å²) in [7, 11) is -4.48. The molecule has 1 aromatic heterocycles. The highest BCUT2D eigenvalue weighted by molar-refractivity contribution is 7.92. The van der Waals surface area contributed by atoms with Gasteiger partial charge in [-0.05, 0) is 29.5 Å². The smallest absolute Gasteiger partial charge is 0.283 e. The fourth-order valence-electron chi connectivity index (χ4n) is 1.40. The minimum atomic E-state index is -4.80. The lowest BCUT2D eigenvalue weighted by molar-refractivity contribution is -0.106. The molecule has 7 nitrogen and oxygen atoms in total. The van der Waals surface area contributed by atoms with Gasteiger partial charge in [0.15, 0.2) is 5.75 Å². The Morgan fingerprint density at radius 1 is 1.20 bits per heavy atom. The third-order valence-electron chi connectivity index (χ3n) is 2.12. The Morgan fingerprint density at radius 2 is 1.85 bits per heavy atom. The van der Waals surface area contributed by atoms with Crippen molar-refractivity contribution in [2.24, 2.45) is 0 Å². The van der Waals surface area contributed by atoms with Gasteiger partial charge >= 0.3 is 6.18 Å². The average molecular weight is 307 g/mol. The summed E-state index contributed by atoms with van der Waals surface area (Å²) in [6.45, 7) is 0. The van der Waals surface area contributed by atoms with Gasteiger partial charge in [0, 0.05) is 11.3 Å². The predicted octanol–water partition coefficient (Wildman–Crippen LogP) is 1.17. The molecule has 108 valence electrons. The molecule has 0 fully saturated rings. The molecule has 0 saturated heterocycles. The molecule has 0 aliphatic carbocycles. The van der Waals surface area contributed by atoms with E-state index in [1.54, 1.807) is 0 Å². The fourth-order valence-corrected chi connectivity index (χ4v) is 2.40. The zero-order chi connectivity index (χ0) is 14.8. The number of H-pyrrole nitrogens is 1. The van der Waals surface area contributed by atoms with Gasteiger partial charge < -0.3 is 0 Å². The monoisotopic (exact) mass is 307 g/mol. The molecule has 0 bridgehead atoms. The highest BCUT2D eigenvalue weighted by Crippen LogP contribution is 2.21. The lowest BCUT2D eigenvalue weighted by Crippen LogP contribution is -2.27. The molecule has 2 aromatic rings. The van der Waals surface area contributed by atoms with Gasteiger partial charge in [0.05, 0.1) is 0 Å². The molecule has 20 heavy (non-hydrogen) atoms. The van der Waals surface area contributed by atoms with Crippen molar-refractivity contribution >= 4 is 15.7 Å². The molecule has 0 aliphatic rings. The van der Waals surface area contributed by atoms with Gasteiger partial charge in [0.2, 0.25) is 15.8 Å². The molecule has 0 amide bonds. The van der Waals surface area contributed by atoms with Crippen molar-refractivity contribution in [2.75, 3.05) is 10.5 Å². The summed E-state index contributed by atoms with van der Waals surface area (Å²) in [6.07, 6.45) is -4.80. The van der Waals surface area contributed by atoms with E-state index in [-0.39, 0.29) is 11.5 Å². The Kier molecular flexibility index (Phi) is 3.61. The van der Waals surface area contributed by atoms with E-state index in [0.717, 1.165) is 0 Å². The van der Waals surface area contributed by atoms with Crippen LogP contribution in [0.15, 0.2) is 24.3 Å². The third-order valence-corrected chi connectivity index (χ3v) is 3.37. The zero-order valence-electron chi connectivity index (χ0n) is 9.72. The summed E-state index contributed by atoms with van der Waals surface area (Å²) in [5.74, 6) is -1.65. The fraction of sp³-hybridized carbons (Fsp3) is 0.222. The van der Waals surface area contributed by atoms with Crippen LogP contribution in [-0.4, -0.2) is 41.0 Å². The molecule has 2 rings (SSSR count). The average Bonchev–Trinajstić information content (AvgIpc) is 2.79. The first-order valence-corrected chi connectivity index (χ1v) is 6.81. The molecule has 2 N–H and O–H groups in total. The van der Waals surface area contributed by atoms with Crippen molar-refractivity contribution in [3.63, 3.8) is 0 Å². The minimum absolute atomic E-state index is 0.0153. The van der Waals surface area contributed by atoms with Gasteiger partial charge in [-0.15, -0.1) is 10.2 Å². The van der Waals surface area contributed by atoms with Gasteiger partial charge in [0.1, 0.15) is 0 Å². The van der Waals surface area contributed by atoms with Crippen molar-refractivity contribution < 1.29 is 21.6 Å². The Balaban J connectivity index is 2.12. The van der Waals surface area contributed by atoms with E-state index in [0.29, 0.717) is 5.56 Å². The van der Waals surface area contributed by atoms with Crippen LogP contribution in [0, 0.1) is 0 Å². The number of benzene rings is 1. The van der Waals surface area contributed by atoms with Crippen LogP contribution in [0.25, 0.3) is 11.4 Å². The van der Waals surface area contributed by atoms with Crippen molar-refractivity contribution in [3.8, 4) is 11.4 Å². The first-order chi connectivity index (χ1) is 9.25. The summed E-state index contributed by atoms with van der Waals surface area (Å²) in [5, 5.41) is 13.0. The largest absolute Gasteiger partial charge is 0.404 e. The van der Waals surface area contributed by atoms with Crippen LogP contribution >= 0.6 is 0 Å². The number of aromatic nitrogens is 4. The second kappa shape index (κ2) is 5.07. The number of hydrogen-bond acceptors (Lipinski definition) is 5. The Bertz CT molecular complexity index is 667. The lowest BCUT2D eigenvalue weighted by atomic mass is 10.2. The summed E-state index contributed by atoms with van der Waals surface area (Å²) < 4.78 is 60.5. The first kappa shape index (κ1) is 14.2. The zero-order valence-corrected chi connectivity index (χ0v) is 10.5. The minimum Gasteiger partial charge on any atom is -0.283 e. The number of nitrogens with zero attached hydrogens (tertiary/aromatic N) is 3. The molecule has 11 heteroatoms. The van der Waals surface area contributed by atoms with Crippen molar-refractivity contribution in [1.82, 2.24) is 20.6 Å². The summed E-state index contributed by atoms with van der Waals surface area (Å²) >= 11 is 0. The Morgan fingerprint density at radius 3 is 2.35 bits per heavy atom. The summed E-state index contributed by atoms with van der Waals surface area (Å²) in [6, 6.07) is 5.52. The van der Waals surface area contributed by atoms with Gasteiger partial charge in [0.25, 0.3) is 0 Å². The molecule has 1 heterocycles. The topological polar surface area (TPSA) is 101 Å². The molecule has 0 saturated carbocycles. The molecular formula is C9H8F3N5O2S. The summed E-state index contributed by atoms with van der Waals surface area (Å²) in [4.78, 5) is 0. The number of nitrogens with one attached hydrogen (secondary N) is 2. The molecule has 0 radical (unpaired) electrons. The van der Waals surface area contributed by atoms with Gasteiger partial charge in [-0.1, -0.05) is 0 Å². The number of anilines is 1. The standard InChI is InChI=1S/C9H8F3N5O2S/c10-9(11,12)5-20(18,19)15-7-3-1-6(2-4-7)8-13-16-17-14-8/h1-4,15H,5H2,(H,13,14,16,17). The molecule has 0 atom stereocenters. The van der Waals surface area contributed by atoms with E-state index in [9.17, 15) is 21.6 Å². The summed E-state index contributed by atoms with van der Waals surface area (Å²) in [5.41, 5.74) is 0.555. The van der Waals surface area contributed by atoms with Crippen LogP contribution in [0.1, 0.15) is 0 Å². The maximum Gasteiger partial charge on any atom is 0.404 e. The second-order valence-corrected chi connectivity index (χ2v) is 5.51. The highest BCUT2D eigenvalue weighted by atomic mass is 32.2. The molecule has 0 aliphatic heterocycles. The number of rotatable bonds is 4. The van der Waals surface area contributed by atoms with Crippen LogP contribution in [0.3, 0.4) is 0 Å². The van der Waals surface area contributed by atoms with Gasteiger partial charge in [-0.25, -0.2) is 8.42 Å². The predicted molar refractivity (Wildman–Crippen MR) is 63.1 cm³/mol. The molecule has 0 unspecified atom stereocenters. The normalized spacial score (nSPS) is 12.3. The van der Waals surface area contributed by atoms with Gasteiger partial charge in [-0.3, -0.25) is 4.72 Å². The maximum absolute atomic E-state index is 12.1. The highest BCUT2D eigenvalue weighted by Gasteiger charge is 2.35. The third kappa shape index (κ3) is 3.91. The van der Waals surface area contributed by atoms with Crippen LogP contribution in [0.4, 0.5) is 18.9 Å². The quantitative estimate of drug-likeness (QED) is 0.883. The number of sulfonamides is 1. The molecule has 0 spiro atoms. The number of aromatic amines is 1. The van der Waals surface area contributed by atoms with E-state index in [1.807, 2.05) is 4.72 Å². The van der Waals surface area contributed by atoms with Crippen LogP contribution in [-0.2, 0) is 10.0 Å². The number of alkyl halides is 3. The Hall–Kier alpha value is -2.17. The molecule has 1 aromatic carbocycles. The van der Waals surface area contributed by atoms with Crippen LogP contribution < -0.4 is 4.72 Å². The Labute approximate surface area is 111 Å². The number of hydrogen-bond donors (Lipinski definition) is 2. The van der Waals surface area contributed by atoms with E-state index in [4.69, 9.17) is 0 Å². The van der Waals surface area contributed by atoms with E-state index in [1.165, 1.54) is 24.3 Å². The van der Waals surface area contributed by atoms with Crippen LogP contribution in [0.5, 0.6) is 0 Å². The van der Waals surface area contributed by atoms with E-state index in [2.05, 4.69) is 20.6 Å². The van der Waals surface area contributed by atoms with Crippen molar-refractivity contribution in [3.05, 3.63) is 24.3 Å². The molecular weight excluding hydrogens is 299 g/mol. The van der Waals surface area contributed by atoms with Crippen molar-refractivity contribution in [1.29, 1.82) is 0 Å². The van der Waals surface area contributed by atoms with Crippen molar-refractivity contribution in [2.45, 2.75) is 6.18 Å². The lowest BCUT2D eigenvalue weighted by Gasteiger charge is -2.10.